The molecule has 0 spiro atoms. The topological polar surface area (TPSA) is 23.6 Å². The molecule has 1 aliphatic rings. The summed E-state index contributed by atoms with van der Waals surface area (Å²) in [5.41, 5.74) is 0.423. The fraction of sp³-hybridized carbons (Fsp3) is 0.357. The van der Waals surface area contributed by atoms with Crippen molar-refractivity contribution in [3.63, 3.8) is 0 Å². The predicted molar refractivity (Wildman–Crippen MR) is 68.9 cm³/mol. The quantitative estimate of drug-likeness (QED) is 0.761. The van der Waals surface area contributed by atoms with Crippen LogP contribution in [-0.4, -0.2) is 48.4 Å². The highest BCUT2D eigenvalue weighted by atomic mass is 19.1. The van der Waals surface area contributed by atoms with Gasteiger partial charge in [0.2, 0.25) is 0 Å². The number of benzene rings is 1. The van der Waals surface area contributed by atoms with E-state index in [1.54, 1.807) is 17.0 Å². The van der Waals surface area contributed by atoms with Gasteiger partial charge in [-0.15, -0.1) is 6.58 Å². The Balaban J connectivity index is 1.97. The van der Waals surface area contributed by atoms with Crippen LogP contribution in [0.15, 0.2) is 36.9 Å². The SMILES string of the molecule is C=CCN1CCN(C(=O)c2cccc(F)c2)CC1. The Labute approximate surface area is 107 Å². The number of carbonyl (C=O) groups excluding carboxylic acids is 1. The maximum Gasteiger partial charge on any atom is 0.254 e. The monoisotopic (exact) mass is 248 g/mol. The Morgan fingerprint density at radius 2 is 2.06 bits per heavy atom. The lowest BCUT2D eigenvalue weighted by Crippen LogP contribution is -2.48. The van der Waals surface area contributed by atoms with Crippen molar-refractivity contribution < 1.29 is 9.18 Å². The first-order chi connectivity index (χ1) is 8.70. The Morgan fingerprint density at radius 1 is 1.33 bits per heavy atom. The summed E-state index contributed by atoms with van der Waals surface area (Å²) in [4.78, 5) is 16.1. The minimum absolute atomic E-state index is 0.0900. The molecule has 3 nitrogen and oxygen atoms in total. The molecular weight excluding hydrogens is 231 g/mol. The minimum atomic E-state index is -0.369. The Kier molecular flexibility index (Phi) is 4.10. The smallest absolute Gasteiger partial charge is 0.254 e. The van der Waals surface area contributed by atoms with Gasteiger partial charge in [0.1, 0.15) is 5.82 Å². The zero-order valence-electron chi connectivity index (χ0n) is 10.3. The molecule has 0 radical (unpaired) electrons. The lowest BCUT2D eigenvalue weighted by molar-refractivity contribution is 0.0650. The molecule has 0 unspecified atom stereocenters. The largest absolute Gasteiger partial charge is 0.336 e. The summed E-state index contributed by atoms with van der Waals surface area (Å²) in [6.45, 7) is 7.60. The van der Waals surface area contributed by atoms with Crippen molar-refractivity contribution in [1.82, 2.24) is 9.80 Å². The molecule has 0 aliphatic carbocycles. The van der Waals surface area contributed by atoms with E-state index in [1.807, 2.05) is 6.08 Å². The molecule has 0 aromatic heterocycles. The summed E-state index contributed by atoms with van der Waals surface area (Å²) < 4.78 is 13.1. The Bertz CT molecular complexity index is 439. The molecule has 1 aliphatic heterocycles. The van der Waals surface area contributed by atoms with Crippen LogP contribution in [0.3, 0.4) is 0 Å². The maximum absolute atomic E-state index is 13.1. The lowest BCUT2D eigenvalue weighted by Gasteiger charge is -2.34. The molecule has 0 N–H and O–H groups in total. The molecule has 2 rings (SSSR count). The van der Waals surface area contributed by atoms with E-state index >= 15 is 0 Å². The van der Waals surface area contributed by atoms with Gasteiger partial charge in [-0.1, -0.05) is 12.1 Å². The summed E-state index contributed by atoms with van der Waals surface area (Å²) in [6.07, 6.45) is 1.87. The maximum atomic E-state index is 13.1. The summed E-state index contributed by atoms with van der Waals surface area (Å²) in [7, 11) is 0. The first-order valence-corrected chi connectivity index (χ1v) is 6.09. The predicted octanol–water partition coefficient (Wildman–Crippen LogP) is 1.77. The van der Waals surface area contributed by atoms with Gasteiger partial charge in [0.05, 0.1) is 0 Å². The van der Waals surface area contributed by atoms with E-state index in [-0.39, 0.29) is 11.7 Å². The van der Waals surface area contributed by atoms with Crippen LogP contribution < -0.4 is 0 Å². The van der Waals surface area contributed by atoms with Crippen LogP contribution in [0.25, 0.3) is 0 Å². The molecular formula is C14H17FN2O. The van der Waals surface area contributed by atoms with E-state index in [0.717, 1.165) is 19.6 Å². The van der Waals surface area contributed by atoms with Gasteiger partial charge >= 0.3 is 0 Å². The van der Waals surface area contributed by atoms with Gasteiger partial charge in [-0.25, -0.2) is 4.39 Å². The van der Waals surface area contributed by atoms with Crippen LogP contribution in [0.4, 0.5) is 4.39 Å². The van der Waals surface area contributed by atoms with E-state index < -0.39 is 0 Å². The van der Waals surface area contributed by atoms with Crippen molar-refractivity contribution in [1.29, 1.82) is 0 Å². The van der Waals surface area contributed by atoms with Gasteiger partial charge in [0, 0.05) is 38.3 Å². The Hall–Kier alpha value is -1.68. The second kappa shape index (κ2) is 5.78. The van der Waals surface area contributed by atoms with Crippen molar-refractivity contribution in [2.45, 2.75) is 0 Å². The molecule has 4 heteroatoms. The molecule has 1 aromatic carbocycles. The molecule has 96 valence electrons. The Morgan fingerprint density at radius 3 is 2.67 bits per heavy atom. The zero-order chi connectivity index (χ0) is 13.0. The summed E-state index contributed by atoms with van der Waals surface area (Å²) in [5, 5.41) is 0. The molecule has 1 amide bonds. The number of piperazine rings is 1. The third-order valence-corrected chi connectivity index (χ3v) is 3.12. The zero-order valence-corrected chi connectivity index (χ0v) is 10.3. The van der Waals surface area contributed by atoms with E-state index in [9.17, 15) is 9.18 Å². The average molecular weight is 248 g/mol. The van der Waals surface area contributed by atoms with E-state index in [2.05, 4.69) is 11.5 Å². The second-order valence-electron chi connectivity index (χ2n) is 4.39. The summed E-state index contributed by atoms with van der Waals surface area (Å²) in [5.74, 6) is -0.459. The fourth-order valence-corrected chi connectivity index (χ4v) is 2.12. The van der Waals surface area contributed by atoms with Crippen LogP contribution in [0.5, 0.6) is 0 Å². The van der Waals surface area contributed by atoms with E-state index in [0.29, 0.717) is 18.7 Å². The highest BCUT2D eigenvalue weighted by Gasteiger charge is 2.21. The van der Waals surface area contributed by atoms with E-state index in [4.69, 9.17) is 0 Å². The third kappa shape index (κ3) is 2.96. The first-order valence-electron chi connectivity index (χ1n) is 6.09. The van der Waals surface area contributed by atoms with E-state index in [1.165, 1.54) is 12.1 Å². The highest BCUT2D eigenvalue weighted by Crippen LogP contribution is 2.10. The number of rotatable bonds is 3. The number of halogens is 1. The van der Waals surface area contributed by atoms with Gasteiger partial charge in [-0.3, -0.25) is 9.69 Å². The molecule has 1 aromatic rings. The van der Waals surface area contributed by atoms with Crippen LogP contribution >= 0.6 is 0 Å². The molecule has 1 fully saturated rings. The van der Waals surface area contributed by atoms with Crippen molar-refractivity contribution in [3.05, 3.63) is 48.3 Å². The minimum Gasteiger partial charge on any atom is -0.336 e. The van der Waals surface area contributed by atoms with Gasteiger partial charge in [-0.2, -0.15) is 0 Å². The molecule has 0 saturated carbocycles. The van der Waals surface area contributed by atoms with Crippen molar-refractivity contribution in [3.8, 4) is 0 Å². The molecule has 0 bridgehead atoms. The van der Waals surface area contributed by atoms with Crippen molar-refractivity contribution >= 4 is 5.91 Å². The van der Waals surface area contributed by atoms with Crippen LogP contribution in [-0.2, 0) is 0 Å². The summed E-state index contributed by atoms with van der Waals surface area (Å²) in [6, 6.07) is 5.86. The van der Waals surface area contributed by atoms with Gasteiger partial charge in [0.15, 0.2) is 0 Å². The molecule has 0 atom stereocenters. The highest BCUT2D eigenvalue weighted by molar-refractivity contribution is 5.94. The molecule has 1 saturated heterocycles. The average Bonchev–Trinajstić information content (AvgIpc) is 2.39. The number of hydrogen-bond acceptors (Lipinski definition) is 2. The van der Waals surface area contributed by atoms with Gasteiger partial charge in [0.25, 0.3) is 5.91 Å². The van der Waals surface area contributed by atoms with Crippen LogP contribution in [0.1, 0.15) is 10.4 Å². The van der Waals surface area contributed by atoms with Crippen molar-refractivity contribution in [2.24, 2.45) is 0 Å². The molecule has 1 heterocycles. The summed E-state index contributed by atoms with van der Waals surface area (Å²) >= 11 is 0. The van der Waals surface area contributed by atoms with Gasteiger partial charge < -0.3 is 4.90 Å². The number of carbonyl (C=O) groups is 1. The number of nitrogens with zero attached hydrogens (tertiary/aromatic N) is 2. The van der Waals surface area contributed by atoms with Gasteiger partial charge in [-0.05, 0) is 18.2 Å². The number of amides is 1. The normalized spacial score (nSPS) is 16.6. The second-order valence-corrected chi connectivity index (χ2v) is 4.39. The molecule has 18 heavy (non-hydrogen) atoms. The van der Waals surface area contributed by atoms with Crippen LogP contribution in [0.2, 0.25) is 0 Å². The first kappa shape index (κ1) is 12.8. The van der Waals surface area contributed by atoms with Crippen molar-refractivity contribution in [2.75, 3.05) is 32.7 Å². The standard InChI is InChI=1S/C14H17FN2O/c1-2-6-16-7-9-17(10-8-16)14(18)12-4-3-5-13(15)11-12/h2-5,11H,1,6-10H2. The fourth-order valence-electron chi connectivity index (χ4n) is 2.12. The van der Waals surface area contributed by atoms with Crippen LogP contribution in [0, 0.1) is 5.82 Å². The number of hydrogen-bond donors (Lipinski definition) is 0. The lowest BCUT2D eigenvalue weighted by atomic mass is 10.1. The third-order valence-electron chi connectivity index (χ3n) is 3.12.